The lowest BCUT2D eigenvalue weighted by Crippen LogP contribution is -2.49. The number of aryl methyl sites for hydroxylation is 1. The molecule has 1 aromatic rings. The zero-order valence-electron chi connectivity index (χ0n) is 14.2. The number of nitrogens with zero attached hydrogens (tertiary/aromatic N) is 1. The van der Waals surface area contributed by atoms with Gasteiger partial charge >= 0.3 is 5.97 Å². The number of amides is 2. The zero-order chi connectivity index (χ0) is 17.7. The summed E-state index contributed by atoms with van der Waals surface area (Å²) in [5.41, 5.74) is 1.24. The Kier molecular flexibility index (Phi) is 5.95. The van der Waals surface area contributed by atoms with Crippen LogP contribution in [-0.4, -0.2) is 46.9 Å². The average Bonchev–Trinajstić information content (AvgIpc) is 2.54. The first-order chi connectivity index (χ1) is 11.4. The Morgan fingerprint density at radius 2 is 1.96 bits per heavy atom. The summed E-state index contributed by atoms with van der Waals surface area (Å²) in [6.45, 7) is 4.81. The minimum absolute atomic E-state index is 0.0144. The van der Waals surface area contributed by atoms with E-state index in [1.165, 1.54) is 6.07 Å². The molecule has 6 heteroatoms. The molecule has 0 aliphatic carbocycles. The van der Waals surface area contributed by atoms with Crippen molar-refractivity contribution < 1.29 is 19.5 Å². The van der Waals surface area contributed by atoms with Gasteiger partial charge in [0.15, 0.2) is 0 Å². The van der Waals surface area contributed by atoms with Gasteiger partial charge in [0.05, 0.1) is 5.56 Å². The van der Waals surface area contributed by atoms with E-state index in [1.807, 2.05) is 6.92 Å². The maximum absolute atomic E-state index is 12.7. The van der Waals surface area contributed by atoms with Crippen LogP contribution >= 0.6 is 0 Å². The maximum Gasteiger partial charge on any atom is 0.335 e. The number of carboxylic acids is 1. The number of nitrogens with one attached hydrogen (secondary N) is 1. The van der Waals surface area contributed by atoms with E-state index < -0.39 is 5.97 Å². The van der Waals surface area contributed by atoms with Crippen LogP contribution in [0.15, 0.2) is 18.2 Å². The third-order valence-electron chi connectivity index (χ3n) is 4.12. The van der Waals surface area contributed by atoms with Gasteiger partial charge in [-0.2, -0.15) is 0 Å². The highest BCUT2D eigenvalue weighted by atomic mass is 16.4. The maximum atomic E-state index is 12.7. The van der Waals surface area contributed by atoms with Gasteiger partial charge in [-0.25, -0.2) is 4.79 Å². The van der Waals surface area contributed by atoms with Gasteiger partial charge in [-0.1, -0.05) is 6.92 Å². The van der Waals surface area contributed by atoms with Crippen molar-refractivity contribution in [2.45, 2.75) is 45.6 Å². The number of carbonyl (C=O) groups excluding carboxylic acids is 2. The van der Waals surface area contributed by atoms with Gasteiger partial charge in [-0.15, -0.1) is 0 Å². The first kappa shape index (κ1) is 18.0. The topological polar surface area (TPSA) is 86.7 Å². The molecule has 0 spiro atoms. The predicted octanol–water partition coefficient (Wildman–Crippen LogP) is 2.21. The molecule has 1 unspecified atom stereocenters. The molecule has 0 aromatic heterocycles. The van der Waals surface area contributed by atoms with Gasteiger partial charge in [0.25, 0.3) is 5.91 Å². The van der Waals surface area contributed by atoms with Gasteiger partial charge < -0.3 is 15.3 Å². The Hall–Kier alpha value is -2.37. The molecule has 2 N–H and O–H groups in total. The molecule has 2 amide bonds. The van der Waals surface area contributed by atoms with Crippen molar-refractivity contribution in [2.75, 3.05) is 13.1 Å². The summed E-state index contributed by atoms with van der Waals surface area (Å²) in [7, 11) is 0. The molecule has 1 aliphatic rings. The summed E-state index contributed by atoms with van der Waals surface area (Å²) in [5.74, 6) is -1.22. The van der Waals surface area contributed by atoms with Crippen LogP contribution in [0, 0.1) is 6.92 Å². The van der Waals surface area contributed by atoms with E-state index in [4.69, 9.17) is 5.11 Å². The van der Waals surface area contributed by atoms with Crippen LogP contribution < -0.4 is 5.32 Å². The molecule has 1 aromatic carbocycles. The molecule has 24 heavy (non-hydrogen) atoms. The fourth-order valence-corrected chi connectivity index (χ4v) is 3.02. The minimum Gasteiger partial charge on any atom is -0.478 e. The Balaban J connectivity index is 2.09. The minimum atomic E-state index is -1.05. The Morgan fingerprint density at radius 3 is 2.62 bits per heavy atom. The SMILES string of the molecule is CCCC(=O)NC1CCCN(C(=O)c2cc(C)cc(C(=O)O)c2)C1. The van der Waals surface area contributed by atoms with E-state index in [9.17, 15) is 14.4 Å². The molecule has 2 rings (SSSR count). The van der Waals surface area contributed by atoms with Crippen molar-refractivity contribution in [3.8, 4) is 0 Å². The van der Waals surface area contributed by atoms with E-state index in [-0.39, 0.29) is 23.4 Å². The Morgan fingerprint density at radius 1 is 1.25 bits per heavy atom. The number of aromatic carboxylic acids is 1. The van der Waals surface area contributed by atoms with Crippen LogP contribution in [0.4, 0.5) is 0 Å². The number of hydrogen-bond acceptors (Lipinski definition) is 3. The van der Waals surface area contributed by atoms with Crippen LogP contribution in [0.1, 0.15) is 58.9 Å². The van der Waals surface area contributed by atoms with Crippen LogP contribution in [0.2, 0.25) is 0 Å². The average molecular weight is 332 g/mol. The highest BCUT2D eigenvalue weighted by molar-refractivity contribution is 5.98. The highest BCUT2D eigenvalue weighted by Crippen LogP contribution is 2.17. The van der Waals surface area contributed by atoms with Crippen molar-refractivity contribution in [3.05, 3.63) is 34.9 Å². The number of carboxylic acid groups (broad SMARTS) is 1. The second kappa shape index (κ2) is 7.95. The van der Waals surface area contributed by atoms with Crippen molar-refractivity contribution in [1.82, 2.24) is 10.2 Å². The quantitative estimate of drug-likeness (QED) is 0.865. The lowest BCUT2D eigenvalue weighted by atomic mass is 10.0. The van der Waals surface area contributed by atoms with E-state index in [0.29, 0.717) is 25.1 Å². The van der Waals surface area contributed by atoms with Gasteiger partial charge in [0.2, 0.25) is 5.91 Å². The van der Waals surface area contributed by atoms with Crippen molar-refractivity contribution >= 4 is 17.8 Å². The molecular weight excluding hydrogens is 308 g/mol. The molecule has 0 bridgehead atoms. The molecule has 6 nitrogen and oxygen atoms in total. The molecule has 1 heterocycles. The molecule has 1 fully saturated rings. The number of benzene rings is 1. The van der Waals surface area contributed by atoms with Crippen LogP contribution in [0.25, 0.3) is 0 Å². The van der Waals surface area contributed by atoms with Crippen molar-refractivity contribution in [3.63, 3.8) is 0 Å². The lowest BCUT2D eigenvalue weighted by molar-refractivity contribution is -0.122. The molecular formula is C18H24N2O4. The van der Waals surface area contributed by atoms with Crippen molar-refractivity contribution in [1.29, 1.82) is 0 Å². The fourth-order valence-electron chi connectivity index (χ4n) is 3.02. The third kappa shape index (κ3) is 4.57. The van der Waals surface area contributed by atoms with E-state index in [0.717, 1.165) is 24.8 Å². The Bertz CT molecular complexity index is 642. The van der Waals surface area contributed by atoms with Gasteiger partial charge in [0, 0.05) is 31.1 Å². The molecule has 1 aliphatic heterocycles. The predicted molar refractivity (Wildman–Crippen MR) is 90.1 cm³/mol. The number of carbonyl (C=O) groups is 3. The van der Waals surface area contributed by atoms with Crippen LogP contribution in [0.3, 0.4) is 0 Å². The fraction of sp³-hybridized carbons (Fsp3) is 0.500. The summed E-state index contributed by atoms with van der Waals surface area (Å²) >= 11 is 0. The third-order valence-corrected chi connectivity index (χ3v) is 4.12. The molecule has 130 valence electrons. The van der Waals surface area contributed by atoms with Gasteiger partial charge in [0.1, 0.15) is 0 Å². The van der Waals surface area contributed by atoms with E-state index in [2.05, 4.69) is 5.32 Å². The summed E-state index contributed by atoms with van der Waals surface area (Å²) in [6.07, 6.45) is 2.96. The second-order valence-electron chi connectivity index (χ2n) is 6.30. The molecule has 1 saturated heterocycles. The van der Waals surface area contributed by atoms with E-state index >= 15 is 0 Å². The van der Waals surface area contributed by atoms with Crippen LogP contribution in [-0.2, 0) is 4.79 Å². The molecule has 0 radical (unpaired) electrons. The molecule has 0 saturated carbocycles. The summed E-state index contributed by atoms with van der Waals surface area (Å²) in [6, 6.07) is 4.62. The zero-order valence-corrected chi connectivity index (χ0v) is 14.2. The molecule has 1 atom stereocenters. The normalized spacial score (nSPS) is 17.4. The first-order valence-corrected chi connectivity index (χ1v) is 8.34. The van der Waals surface area contributed by atoms with E-state index in [1.54, 1.807) is 24.0 Å². The first-order valence-electron chi connectivity index (χ1n) is 8.34. The van der Waals surface area contributed by atoms with Crippen molar-refractivity contribution in [2.24, 2.45) is 0 Å². The summed E-state index contributed by atoms with van der Waals surface area (Å²) in [5, 5.41) is 12.1. The van der Waals surface area contributed by atoms with Gasteiger partial charge in [-0.3, -0.25) is 9.59 Å². The number of likely N-dealkylation sites (tertiary alicyclic amines) is 1. The smallest absolute Gasteiger partial charge is 0.335 e. The van der Waals surface area contributed by atoms with Gasteiger partial charge in [-0.05, 0) is 49.9 Å². The Labute approximate surface area is 141 Å². The lowest BCUT2D eigenvalue weighted by Gasteiger charge is -2.33. The number of hydrogen-bond donors (Lipinski definition) is 2. The standard InChI is InChI=1S/C18H24N2O4/c1-3-5-16(21)19-15-6-4-7-20(11-15)17(22)13-8-12(2)9-14(10-13)18(23)24/h8-10,15H,3-7,11H2,1-2H3,(H,19,21)(H,23,24). The number of rotatable bonds is 5. The van der Waals surface area contributed by atoms with Crippen LogP contribution in [0.5, 0.6) is 0 Å². The highest BCUT2D eigenvalue weighted by Gasteiger charge is 2.26. The summed E-state index contributed by atoms with van der Waals surface area (Å²) in [4.78, 5) is 37.3. The number of piperidine rings is 1. The summed E-state index contributed by atoms with van der Waals surface area (Å²) < 4.78 is 0. The second-order valence-corrected chi connectivity index (χ2v) is 6.30. The monoisotopic (exact) mass is 332 g/mol. The largest absolute Gasteiger partial charge is 0.478 e.